The standard InChI is InChI=1S/C24H30N4O/c1-16-14-26-19(15-25-16)23(29)28-20-13-24(2)21(10-6-7-11-22(24)28)27-18(20)12-17-8-4-3-5-9-17/h3-5,8-9,14-15,18,20-22,27H,6-7,10-13H2,1-2H3/t18-,20+,21-,22+,24-/m1/s1. The Labute approximate surface area is 172 Å². The van der Waals surface area contributed by atoms with Gasteiger partial charge >= 0.3 is 0 Å². The van der Waals surface area contributed by atoms with Gasteiger partial charge in [-0.15, -0.1) is 0 Å². The lowest BCUT2D eigenvalue weighted by Gasteiger charge is -2.43. The number of fused-ring (bicyclic) bond motifs is 1. The highest BCUT2D eigenvalue weighted by atomic mass is 16.2. The minimum Gasteiger partial charge on any atom is -0.329 e. The van der Waals surface area contributed by atoms with Crippen LogP contribution in [0.3, 0.4) is 0 Å². The van der Waals surface area contributed by atoms with E-state index in [9.17, 15) is 4.79 Å². The largest absolute Gasteiger partial charge is 0.329 e. The topological polar surface area (TPSA) is 58.1 Å². The molecule has 0 unspecified atom stereocenters. The molecule has 0 spiro atoms. The predicted octanol–water partition coefficient (Wildman–Crippen LogP) is 3.53. The third kappa shape index (κ3) is 3.16. The van der Waals surface area contributed by atoms with Gasteiger partial charge in [-0.2, -0.15) is 0 Å². The molecule has 1 N–H and O–H groups in total. The molecule has 1 saturated carbocycles. The molecule has 3 aliphatic rings. The van der Waals surface area contributed by atoms with E-state index in [1.807, 2.05) is 6.92 Å². The molecule has 2 saturated heterocycles. The summed E-state index contributed by atoms with van der Waals surface area (Å²) in [7, 11) is 0. The zero-order chi connectivity index (χ0) is 20.0. The van der Waals surface area contributed by atoms with Gasteiger partial charge in [0.2, 0.25) is 0 Å². The van der Waals surface area contributed by atoms with Crippen LogP contribution in [0.1, 0.15) is 60.8 Å². The summed E-state index contributed by atoms with van der Waals surface area (Å²) in [5.74, 6) is 0.0543. The second kappa shape index (κ2) is 7.21. The quantitative estimate of drug-likeness (QED) is 0.871. The molecule has 1 amide bonds. The van der Waals surface area contributed by atoms with Crippen LogP contribution < -0.4 is 5.32 Å². The number of nitrogens with zero attached hydrogens (tertiary/aromatic N) is 3. The van der Waals surface area contributed by atoms with Crippen molar-refractivity contribution in [3.05, 3.63) is 59.7 Å². The molecule has 2 aliphatic heterocycles. The van der Waals surface area contributed by atoms with Crippen molar-refractivity contribution in [2.75, 3.05) is 0 Å². The molecule has 2 aromatic rings. The van der Waals surface area contributed by atoms with E-state index in [0.29, 0.717) is 11.7 Å². The van der Waals surface area contributed by atoms with Gasteiger partial charge in [-0.25, -0.2) is 4.98 Å². The molecule has 5 heteroatoms. The first kappa shape index (κ1) is 18.7. The number of piperidine rings is 1. The molecule has 5 nitrogen and oxygen atoms in total. The maximum atomic E-state index is 13.6. The SMILES string of the molecule is Cc1cnc(C(=O)N2[C@H]3CCCC[C@H]4N[C@H](Cc5ccccc5)[C@@H]2C[C@@]34C)cn1. The Kier molecular flexibility index (Phi) is 4.66. The minimum absolute atomic E-state index is 0.0543. The number of aryl methyl sites for hydroxylation is 1. The van der Waals surface area contributed by atoms with Gasteiger partial charge in [0, 0.05) is 35.8 Å². The molecule has 5 rings (SSSR count). The highest BCUT2D eigenvalue weighted by Gasteiger charge is 2.60. The molecular formula is C24H30N4O. The summed E-state index contributed by atoms with van der Waals surface area (Å²) in [4.78, 5) is 24.6. The number of likely N-dealkylation sites (tertiary alicyclic amines) is 1. The number of nitrogens with one attached hydrogen (secondary N) is 1. The Morgan fingerprint density at radius 2 is 1.97 bits per heavy atom. The highest BCUT2D eigenvalue weighted by Crippen LogP contribution is 2.52. The van der Waals surface area contributed by atoms with E-state index in [1.165, 1.54) is 24.8 Å². The summed E-state index contributed by atoms with van der Waals surface area (Å²) in [5.41, 5.74) is 2.79. The van der Waals surface area contributed by atoms with Gasteiger partial charge in [0.05, 0.1) is 11.9 Å². The summed E-state index contributed by atoms with van der Waals surface area (Å²) >= 11 is 0. The lowest BCUT2D eigenvalue weighted by molar-refractivity contribution is 0.0605. The number of amides is 1. The minimum atomic E-state index is 0.0543. The van der Waals surface area contributed by atoms with Crippen LogP contribution in [0.25, 0.3) is 0 Å². The molecule has 1 aliphatic carbocycles. The first-order valence-corrected chi connectivity index (χ1v) is 11.0. The van der Waals surface area contributed by atoms with Crippen molar-refractivity contribution in [2.45, 2.75) is 76.5 Å². The van der Waals surface area contributed by atoms with E-state index in [2.05, 4.69) is 57.4 Å². The predicted molar refractivity (Wildman–Crippen MR) is 113 cm³/mol. The Balaban J connectivity index is 1.51. The maximum absolute atomic E-state index is 13.6. The Bertz CT molecular complexity index is 884. The van der Waals surface area contributed by atoms with Crippen LogP contribution >= 0.6 is 0 Å². The van der Waals surface area contributed by atoms with Gasteiger partial charge in [-0.3, -0.25) is 9.78 Å². The first-order chi connectivity index (χ1) is 14.1. The molecule has 1 aromatic heterocycles. The summed E-state index contributed by atoms with van der Waals surface area (Å²) in [6, 6.07) is 11.9. The van der Waals surface area contributed by atoms with Crippen molar-refractivity contribution in [1.29, 1.82) is 0 Å². The van der Waals surface area contributed by atoms with E-state index < -0.39 is 0 Å². The molecule has 3 heterocycles. The molecule has 5 atom stereocenters. The van der Waals surface area contributed by atoms with Crippen LogP contribution in [0.15, 0.2) is 42.7 Å². The number of rotatable bonds is 3. The van der Waals surface area contributed by atoms with Gasteiger partial charge in [0.15, 0.2) is 0 Å². The number of hydrogen-bond donors (Lipinski definition) is 1. The number of benzene rings is 1. The highest BCUT2D eigenvalue weighted by molar-refractivity contribution is 5.93. The third-order valence-electron chi connectivity index (χ3n) is 7.53. The van der Waals surface area contributed by atoms with Crippen molar-refractivity contribution in [3.8, 4) is 0 Å². The van der Waals surface area contributed by atoms with Crippen molar-refractivity contribution >= 4 is 5.91 Å². The van der Waals surface area contributed by atoms with Crippen LogP contribution in [0.4, 0.5) is 0 Å². The first-order valence-electron chi connectivity index (χ1n) is 11.0. The fourth-order valence-electron chi connectivity index (χ4n) is 6.06. The third-order valence-corrected chi connectivity index (χ3v) is 7.53. The molecular weight excluding hydrogens is 360 g/mol. The van der Waals surface area contributed by atoms with E-state index in [0.717, 1.165) is 25.0 Å². The fraction of sp³-hybridized carbons (Fsp3) is 0.542. The summed E-state index contributed by atoms with van der Waals surface area (Å²) in [6.07, 6.45) is 10.1. The molecule has 29 heavy (non-hydrogen) atoms. The number of hydrogen-bond acceptors (Lipinski definition) is 4. The van der Waals surface area contributed by atoms with Gasteiger partial charge in [0.25, 0.3) is 5.91 Å². The summed E-state index contributed by atoms with van der Waals surface area (Å²) in [6.45, 7) is 4.31. The average Bonchev–Trinajstić information content (AvgIpc) is 2.88. The van der Waals surface area contributed by atoms with Crippen LogP contribution in [0.2, 0.25) is 0 Å². The fourth-order valence-corrected chi connectivity index (χ4v) is 6.06. The van der Waals surface area contributed by atoms with Gasteiger partial charge in [0.1, 0.15) is 5.69 Å². The van der Waals surface area contributed by atoms with Crippen LogP contribution in [-0.4, -0.2) is 44.9 Å². The van der Waals surface area contributed by atoms with Crippen molar-refractivity contribution < 1.29 is 4.79 Å². The molecule has 1 aromatic carbocycles. The normalized spacial score (nSPS) is 33.4. The second-order valence-electron chi connectivity index (χ2n) is 9.35. The number of carbonyl (C=O) groups excluding carboxylic acids is 1. The van der Waals surface area contributed by atoms with Gasteiger partial charge in [-0.1, -0.05) is 50.1 Å². The van der Waals surface area contributed by atoms with Gasteiger partial charge in [-0.05, 0) is 38.2 Å². The monoisotopic (exact) mass is 390 g/mol. The number of aromatic nitrogens is 2. The second-order valence-corrected chi connectivity index (χ2v) is 9.35. The van der Waals surface area contributed by atoms with E-state index >= 15 is 0 Å². The average molecular weight is 391 g/mol. The maximum Gasteiger partial charge on any atom is 0.274 e. The zero-order valence-corrected chi connectivity index (χ0v) is 17.3. The smallest absolute Gasteiger partial charge is 0.274 e. The molecule has 2 bridgehead atoms. The van der Waals surface area contributed by atoms with E-state index in [-0.39, 0.29) is 29.4 Å². The molecule has 3 fully saturated rings. The number of carbonyl (C=O) groups is 1. The van der Waals surface area contributed by atoms with Crippen molar-refractivity contribution in [1.82, 2.24) is 20.2 Å². The summed E-state index contributed by atoms with van der Waals surface area (Å²) in [5, 5.41) is 3.99. The zero-order valence-electron chi connectivity index (χ0n) is 17.3. The lowest BCUT2D eigenvalue weighted by Crippen LogP contribution is -2.57. The lowest BCUT2D eigenvalue weighted by atomic mass is 9.70. The molecule has 152 valence electrons. The van der Waals surface area contributed by atoms with E-state index in [4.69, 9.17) is 0 Å². The van der Waals surface area contributed by atoms with Crippen LogP contribution in [-0.2, 0) is 6.42 Å². The summed E-state index contributed by atoms with van der Waals surface area (Å²) < 4.78 is 0. The Hall–Kier alpha value is -2.27. The van der Waals surface area contributed by atoms with E-state index in [1.54, 1.807) is 12.4 Å². The van der Waals surface area contributed by atoms with Crippen molar-refractivity contribution in [2.24, 2.45) is 5.41 Å². The Morgan fingerprint density at radius 1 is 1.17 bits per heavy atom. The van der Waals surface area contributed by atoms with Crippen molar-refractivity contribution in [3.63, 3.8) is 0 Å². The Morgan fingerprint density at radius 3 is 2.72 bits per heavy atom. The van der Waals surface area contributed by atoms with Crippen LogP contribution in [0.5, 0.6) is 0 Å². The van der Waals surface area contributed by atoms with Gasteiger partial charge < -0.3 is 10.2 Å². The molecule has 0 radical (unpaired) electrons. The van der Waals surface area contributed by atoms with Crippen LogP contribution in [0, 0.1) is 12.3 Å².